The van der Waals surface area contributed by atoms with Crippen molar-refractivity contribution < 1.29 is 4.79 Å². The average Bonchev–Trinajstić information content (AvgIpc) is 2.28. The Hall–Kier alpha value is -0.250. The minimum atomic E-state index is -0.584. The molecule has 0 saturated heterocycles. The van der Waals surface area contributed by atoms with Crippen LogP contribution in [-0.2, 0) is 0 Å². The first-order valence-corrected chi connectivity index (χ1v) is 6.98. The van der Waals surface area contributed by atoms with Gasteiger partial charge in [0.15, 0.2) is 0 Å². The van der Waals surface area contributed by atoms with Crippen molar-refractivity contribution in [1.82, 2.24) is 5.32 Å². The summed E-state index contributed by atoms with van der Waals surface area (Å²) in [5.41, 5.74) is 0.956. The second-order valence-corrected chi connectivity index (χ2v) is 5.69. The van der Waals surface area contributed by atoms with Crippen LogP contribution in [0.3, 0.4) is 0 Å². The zero-order valence-electron chi connectivity index (χ0n) is 9.69. The van der Waals surface area contributed by atoms with Crippen LogP contribution in [0.2, 0.25) is 0 Å². The fourth-order valence-electron chi connectivity index (χ4n) is 1.33. The molecule has 0 atom stereocenters. The van der Waals surface area contributed by atoms with Gasteiger partial charge in [-0.1, -0.05) is 15.9 Å². The predicted molar refractivity (Wildman–Crippen MR) is 76.2 cm³/mol. The van der Waals surface area contributed by atoms with Crippen LogP contribution >= 0.6 is 39.1 Å². The zero-order valence-corrected chi connectivity index (χ0v) is 12.8. The Morgan fingerprint density at radius 3 is 2.47 bits per heavy atom. The number of amides is 1. The van der Waals surface area contributed by atoms with Crippen LogP contribution < -0.4 is 5.32 Å². The fourth-order valence-corrected chi connectivity index (χ4v) is 2.22. The molecule has 0 aliphatic carbocycles. The van der Waals surface area contributed by atoms with E-state index in [0.29, 0.717) is 5.56 Å². The Labute approximate surface area is 120 Å². The van der Waals surface area contributed by atoms with Gasteiger partial charge in [0.25, 0.3) is 5.91 Å². The molecular weight excluding hydrogens is 325 g/mol. The molecule has 1 aromatic carbocycles. The number of carbonyl (C=O) groups excluding carboxylic acids is 1. The first-order valence-electron chi connectivity index (χ1n) is 5.12. The number of halogens is 3. The lowest BCUT2D eigenvalue weighted by Crippen LogP contribution is -2.49. The molecule has 0 aliphatic rings. The lowest BCUT2D eigenvalue weighted by atomic mass is 10.0. The fraction of sp³-hybridized carbons (Fsp3) is 0.417. The van der Waals surface area contributed by atoms with Crippen LogP contribution in [-0.4, -0.2) is 23.2 Å². The van der Waals surface area contributed by atoms with Gasteiger partial charge in [0.1, 0.15) is 0 Å². The monoisotopic (exact) mass is 337 g/mol. The number of carbonyl (C=O) groups is 1. The molecule has 0 unspecified atom stereocenters. The molecule has 17 heavy (non-hydrogen) atoms. The van der Waals surface area contributed by atoms with Crippen LogP contribution in [0.5, 0.6) is 0 Å². The van der Waals surface area contributed by atoms with Gasteiger partial charge in [-0.3, -0.25) is 4.79 Å². The second kappa shape index (κ2) is 6.07. The maximum absolute atomic E-state index is 12.1. The van der Waals surface area contributed by atoms with Crippen molar-refractivity contribution in [2.24, 2.45) is 0 Å². The van der Waals surface area contributed by atoms with E-state index in [2.05, 4.69) is 21.2 Å². The summed E-state index contributed by atoms with van der Waals surface area (Å²) in [6, 6.07) is 5.51. The maximum atomic E-state index is 12.1. The van der Waals surface area contributed by atoms with Crippen molar-refractivity contribution in [3.63, 3.8) is 0 Å². The zero-order chi connectivity index (χ0) is 13.1. The topological polar surface area (TPSA) is 29.1 Å². The smallest absolute Gasteiger partial charge is 0.252 e. The minimum Gasteiger partial charge on any atom is -0.344 e. The molecule has 0 radical (unpaired) electrons. The number of nitrogens with one attached hydrogen (secondary N) is 1. The Balaban J connectivity index is 2.90. The quantitative estimate of drug-likeness (QED) is 0.833. The summed E-state index contributed by atoms with van der Waals surface area (Å²) in [4.78, 5) is 12.1. The molecule has 0 aromatic heterocycles. The first kappa shape index (κ1) is 14.8. The van der Waals surface area contributed by atoms with Crippen molar-refractivity contribution >= 4 is 45.0 Å². The highest BCUT2D eigenvalue weighted by atomic mass is 79.9. The first-order chi connectivity index (χ1) is 7.91. The third kappa shape index (κ3) is 3.87. The molecule has 0 saturated carbocycles. The van der Waals surface area contributed by atoms with E-state index in [9.17, 15) is 4.79 Å². The summed E-state index contributed by atoms with van der Waals surface area (Å²) < 4.78 is 0.948. The molecule has 1 aromatic rings. The Morgan fingerprint density at radius 1 is 1.41 bits per heavy atom. The summed E-state index contributed by atoms with van der Waals surface area (Å²) >= 11 is 15.0. The molecule has 0 heterocycles. The van der Waals surface area contributed by atoms with Crippen molar-refractivity contribution in [1.29, 1.82) is 0 Å². The van der Waals surface area contributed by atoms with Crippen molar-refractivity contribution in [3.05, 3.63) is 33.8 Å². The minimum absolute atomic E-state index is 0.154. The van der Waals surface area contributed by atoms with Crippen LogP contribution in [0.1, 0.15) is 22.8 Å². The summed E-state index contributed by atoms with van der Waals surface area (Å²) in [6.45, 7) is 3.71. The van der Waals surface area contributed by atoms with Gasteiger partial charge >= 0.3 is 0 Å². The summed E-state index contributed by atoms with van der Waals surface area (Å²) in [5, 5.41) is 2.85. The maximum Gasteiger partial charge on any atom is 0.252 e. The van der Waals surface area contributed by atoms with Gasteiger partial charge in [0, 0.05) is 21.8 Å². The van der Waals surface area contributed by atoms with Crippen molar-refractivity contribution in [2.45, 2.75) is 19.4 Å². The van der Waals surface area contributed by atoms with Gasteiger partial charge in [-0.2, -0.15) is 0 Å². The van der Waals surface area contributed by atoms with Gasteiger partial charge < -0.3 is 5.32 Å². The summed E-state index contributed by atoms with van der Waals surface area (Å²) in [5.74, 6) is 0.397. The van der Waals surface area contributed by atoms with Gasteiger partial charge in [-0.15, -0.1) is 23.2 Å². The number of alkyl halides is 2. The number of hydrogen-bond acceptors (Lipinski definition) is 1. The molecule has 1 rings (SSSR count). The molecule has 1 amide bonds. The normalized spacial score (nSPS) is 11.4. The highest BCUT2D eigenvalue weighted by Gasteiger charge is 2.25. The SMILES string of the molecule is Cc1cc(Br)ccc1C(=O)NC(C)(CCl)CCl. The van der Waals surface area contributed by atoms with E-state index in [0.717, 1.165) is 10.0 Å². The predicted octanol–water partition coefficient (Wildman–Crippen LogP) is 3.72. The Bertz CT molecular complexity index is 419. The van der Waals surface area contributed by atoms with Gasteiger partial charge in [-0.25, -0.2) is 0 Å². The third-order valence-electron chi connectivity index (χ3n) is 2.44. The molecule has 1 N–H and O–H groups in total. The summed E-state index contributed by atoms with van der Waals surface area (Å²) in [7, 11) is 0. The van der Waals surface area contributed by atoms with Crippen LogP contribution in [0.25, 0.3) is 0 Å². The number of aryl methyl sites for hydroxylation is 1. The van der Waals surface area contributed by atoms with Crippen LogP contribution in [0.15, 0.2) is 22.7 Å². The number of rotatable bonds is 4. The summed E-state index contributed by atoms with van der Waals surface area (Å²) in [6.07, 6.45) is 0. The molecule has 0 spiro atoms. The molecule has 0 aliphatic heterocycles. The van der Waals surface area contributed by atoms with E-state index in [1.807, 2.05) is 26.0 Å². The standard InChI is InChI=1S/C12H14BrCl2NO/c1-8-5-9(13)3-4-10(8)11(17)16-12(2,6-14)7-15/h3-5H,6-7H2,1-2H3,(H,16,17). The second-order valence-electron chi connectivity index (χ2n) is 4.24. The van der Waals surface area contributed by atoms with Crippen LogP contribution in [0.4, 0.5) is 0 Å². The highest BCUT2D eigenvalue weighted by Crippen LogP contribution is 2.17. The molecule has 5 heteroatoms. The number of benzene rings is 1. The Morgan fingerprint density at radius 2 is 2.00 bits per heavy atom. The lowest BCUT2D eigenvalue weighted by molar-refractivity contribution is 0.0921. The largest absolute Gasteiger partial charge is 0.344 e. The van der Waals surface area contributed by atoms with E-state index in [1.165, 1.54) is 0 Å². The molecule has 2 nitrogen and oxygen atoms in total. The van der Waals surface area contributed by atoms with Crippen molar-refractivity contribution in [2.75, 3.05) is 11.8 Å². The van der Waals surface area contributed by atoms with Crippen molar-refractivity contribution in [3.8, 4) is 0 Å². The molecular formula is C12H14BrCl2NO. The molecule has 0 fully saturated rings. The van der Waals surface area contributed by atoms with Gasteiger partial charge in [0.05, 0.1) is 5.54 Å². The van der Waals surface area contributed by atoms with E-state index in [-0.39, 0.29) is 17.7 Å². The van der Waals surface area contributed by atoms with Gasteiger partial charge in [-0.05, 0) is 37.6 Å². The average molecular weight is 339 g/mol. The third-order valence-corrected chi connectivity index (χ3v) is 4.11. The van der Waals surface area contributed by atoms with E-state index in [4.69, 9.17) is 23.2 Å². The van der Waals surface area contributed by atoms with Gasteiger partial charge in [0.2, 0.25) is 0 Å². The van der Waals surface area contributed by atoms with E-state index >= 15 is 0 Å². The highest BCUT2D eigenvalue weighted by molar-refractivity contribution is 9.10. The molecule has 0 bridgehead atoms. The molecule has 94 valence electrons. The van der Waals surface area contributed by atoms with E-state index in [1.54, 1.807) is 6.07 Å². The van der Waals surface area contributed by atoms with Crippen LogP contribution in [0, 0.1) is 6.92 Å². The lowest BCUT2D eigenvalue weighted by Gasteiger charge is -2.26. The number of hydrogen-bond donors (Lipinski definition) is 1. The van der Waals surface area contributed by atoms with E-state index < -0.39 is 5.54 Å². The Kier molecular flexibility index (Phi) is 5.29.